The molecule has 0 amide bonds. The van der Waals surface area contributed by atoms with Crippen LogP contribution in [0.3, 0.4) is 0 Å². The van der Waals surface area contributed by atoms with E-state index in [9.17, 15) is 8.42 Å². The minimum atomic E-state index is -3.61. The predicted octanol–water partition coefficient (Wildman–Crippen LogP) is 6.32. The van der Waals surface area contributed by atoms with E-state index >= 15 is 0 Å². The Morgan fingerprint density at radius 2 is 1.50 bits per heavy atom. The van der Waals surface area contributed by atoms with Crippen molar-refractivity contribution in [2.24, 2.45) is 0 Å². The lowest BCUT2D eigenvalue weighted by Gasteiger charge is -2.29. The van der Waals surface area contributed by atoms with Gasteiger partial charge in [-0.2, -0.15) is 0 Å². The van der Waals surface area contributed by atoms with Crippen LogP contribution in [-0.2, 0) is 10.0 Å². The molecular weight excluding hydrogens is 416 g/mol. The maximum absolute atomic E-state index is 13.6. The number of rotatable bonds is 12. The molecule has 180 valence electrons. The second kappa shape index (κ2) is 12.2. The fourth-order valence-electron chi connectivity index (χ4n) is 4.19. The first-order valence-corrected chi connectivity index (χ1v) is 13.8. The van der Waals surface area contributed by atoms with Gasteiger partial charge in [-0.25, -0.2) is 13.1 Å². The van der Waals surface area contributed by atoms with Gasteiger partial charge in [0.25, 0.3) is 0 Å². The molecule has 0 spiro atoms. The number of sulfonamides is 1. The Kier molecular flexibility index (Phi) is 10.2. The highest BCUT2D eigenvalue weighted by atomic mass is 32.2. The molecule has 1 aromatic carbocycles. The summed E-state index contributed by atoms with van der Waals surface area (Å²) < 4.78 is 30.1. The zero-order valence-electron chi connectivity index (χ0n) is 21.2. The highest BCUT2D eigenvalue weighted by Crippen LogP contribution is 2.35. The number of hydrogen-bond donors (Lipinski definition) is 1. The van der Waals surface area contributed by atoms with E-state index in [1.165, 1.54) is 5.56 Å². The van der Waals surface area contributed by atoms with Crippen LogP contribution >= 0.6 is 0 Å². The lowest BCUT2D eigenvalue weighted by atomic mass is 9.89. The van der Waals surface area contributed by atoms with Crippen molar-refractivity contribution in [3.8, 4) is 0 Å². The van der Waals surface area contributed by atoms with E-state index in [2.05, 4.69) is 94.5 Å². The number of benzene rings is 1. The van der Waals surface area contributed by atoms with Gasteiger partial charge in [0.05, 0.1) is 4.90 Å². The monoisotopic (exact) mass is 460 g/mol. The molecule has 2 rings (SSSR count). The smallest absolute Gasteiger partial charge is 0.241 e. The molecule has 0 fully saturated rings. The van der Waals surface area contributed by atoms with Crippen molar-refractivity contribution in [2.75, 3.05) is 19.6 Å². The molecule has 32 heavy (non-hydrogen) atoms. The summed E-state index contributed by atoms with van der Waals surface area (Å²) in [7, 11) is -3.61. The van der Waals surface area contributed by atoms with E-state index in [4.69, 9.17) is 0 Å². The summed E-state index contributed by atoms with van der Waals surface area (Å²) in [6.45, 7) is 16.9. The first kappa shape index (κ1) is 26.8. The molecule has 0 saturated heterocycles. The molecule has 1 N–H and O–H groups in total. The Morgan fingerprint density at radius 1 is 0.938 bits per heavy atom. The number of nitrogens with zero attached hydrogens (tertiary/aromatic N) is 1. The van der Waals surface area contributed by atoms with Crippen molar-refractivity contribution in [1.29, 1.82) is 0 Å². The van der Waals surface area contributed by atoms with Crippen LogP contribution in [0, 0.1) is 0 Å². The summed E-state index contributed by atoms with van der Waals surface area (Å²) in [4.78, 5) is 2.86. The molecule has 4 nitrogen and oxygen atoms in total. The molecule has 0 radical (unpaired) electrons. The van der Waals surface area contributed by atoms with Crippen molar-refractivity contribution >= 4 is 10.0 Å². The topological polar surface area (TPSA) is 49.4 Å². The van der Waals surface area contributed by atoms with Gasteiger partial charge in [0.15, 0.2) is 0 Å². The second-order valence-corrected chi connectivity index (χ2v) is 11.6. The Balaban J connectivity index is 2.29. The van der Waals surface area contributed by atoms with E-state index in [0.717, 1.165) is 36.9 Å². The fourth-order valence-corrected chi connectivity index (χ4v) is 5.90. The van der Waals surface area contributed by atoms with Crippen LogP contribution in [0.4, 0.5) is 0 Å². The standard InChI is InChI=1S/C27H44N2O2S/c1-8-9-16-29(24-13-11-10-12-14-24)17-15-28-32(30,31)27-25(21(4)5)18-23(20(2)3)19-26(27)22(6)7/h11-14,18-22,24,28H,8-10,15-17H2,1-7H3. The number of hydrogen-bond acceptors (Lipinski definition) is 3. The Labute approximate surface area is 197 Å². The average molecular weight is 461 g/mol. The molecule has 1 aliphatic carbocycles. The van der Waals surface area contributed by atoms with Gasteiger partial charge < -0.3 is 0 Å². The van der Waals surface area contributed by atoms with Gasteiger partial charge in [0.2, 0.25) is 10.0 Å². The highest BCUT2D eigenvalue weighted by Gasteiger charge is 2.27. The molecule has 1 aliphatic rings. The zero-order chi connectivity index (χ0) is 23.9. The van der Waals surface area contributed by atoms with E-state index < -0.39 is 10.0 Å². The van der Waals surface area contributed by atoms with Crippen molar-refractivity contribution in [2.45, 2.75) is 96.4 Å². The molecule has 1 aromatic rings. The molecule has 0 aromatic heterocycles. The summed E-state index contributed by atoms with van der Waals surface area (Å²) in [6, 6.07) is 4.45. The van der Waals surface area contributed by atoms with Crippen molar-refractivity contribution in [1.82, 2.24) is 9.62 Å². The van der Waals surface area contributed by atoms with Crippen LogP contribution < -0.4 is 4.72 Å². The van der Waals surface area contributed by atoms with Crippen LogP contribution in [0.15, 0.2) is 41.3 Å². The lowest BCUT2D eigenvalue weighted by Crippen LogP contribution is -2.40. The van der Waals surface area contributed by atoms with Crippen molar-refractivity contribution in [3.63, 3.8) is 0 Å². The summed E-state index contributed by atoms with van der Waals surface area (Å²) in [6.07, 6.45) is 12.0. The van der Waals surface area contributed by atoms with E-state index in [-0.39, 0.29) is 17.9 Å². The normalized spacial score (nSPS) is 15.1. The minimum Gasteiger partial charge on any atom is -0.292 e. The molecule has 0 bridgehead atoms. The van der Waals surface area contributed by atoms with Gasteiger partial charge in [-0.3, -0.25) is 4.90 Å². The van der Waals surface area contributed by atoms with Gasteiger partial charge in [-0.1, -0.05) is 91.3 Å². The van der Waals surface area contributed by atoms with Gasteiger partial charge in [-0.05, 0) is 53.8 Å². The second-order valence-electron chi connectivity index (χ2n) is 9.86. The van der Waals surface area contributed by atoms with E-state index in [1.54, 1.807) is 0 Å². The SMILES string of the molecule is CCCCN(CCNS(=O)(=O)c1c(C(C)C)cc(C(C)C)cc1C(C)C)C1C=CCC=C1. The van der Waals surface area contributed by atoms with E-state index in [0.29, 0.717) is 23.9 Å². The number of unbranched alkanes of at least 4 members (excludes halogenated alkanes) is 1. The molecule has 0 atom stereocenters. The van der Waals surface area contributed by atoms with Gasteiger partial charge in [0, 0.05) is 19.1 Å². The van der Waals surface area contributed by atoms with Crippen LogP contribution in [0.1, 0.15) is 102 Å². The first-order valence-electron chi connectivity index (χ1n) is 12.3. The fraction of sp³-hybridized carbons (Fsp3) is 0.630. The first-order chi connectivity index (χ1) is 15.1. The highest BCUT2D eigenvalue weighted by molar-refractivity contribution is 7.89. The minimum absolute atomic E-state index is 0.136. The number of nitrogens with one attached hydrogen (secondary N) is 1. The van der Waals surface area contributed by atoms with Crippen molar-refractivity contribution in [3.05, 3.63) is 53.1 Å². The Bertz CT molecular complexity index is 857. The van der Waals surface area contributed by atoms with Gasteiger partial charge >= 0.3 is 0 Å². The molecular formula is C27H44N2O2S. The third-order valence-electron chi connectivity index (χ3n) is 6.20. The largest absolute Gasteiger partial charge is 0.292 e. The quantitative estimate of drug-likeness (QED) is 0.371. The van der Waals surface area contributed by atoms with E-state index in [1.807, 2.05) is 0 Å². The van der Waals surface area contributed by atoms with Crippen LogP contribution in [0.25, 0.3) is 0 Å². The van der Waals surface area contributed by atoms with Crippen LogP contribution in [-0.4, -0.2) is 39.0 Å². The third-order valence-corrected chi connectivity index (χ3v) is 7.79. The predicted molar refractivity (Wildman–Crippen MR) is 137 cm³/mol. The van der Waals surface area contributed by atoms with Crippen LogP contribution in [0.5, 0.6) is 0 Å². The zero-order valence-corrected chi connectivity index (χ0v) is 22.0. The lowest BCUT2D eigenvalue weighted by molar-refractivity contribution is 0.258. The summed E-state index contributed by atoms with van der Waals surface area (Å²) in [5, 5.41) is 0. The Hall–Kier alpha value is -1.43. The molecule has 0 heterocycles. The summed E-state index contributed by atoms with van der Waals surface area (Å²) in [5.74, 6) is 0.631. The number of allylic oxidation sites excluding steroid dienone is 2. The molecule has 0 aliphatic heterocycles. The molecule has 5 heteroatoms. The summed E-state index contributed by atoms with van der Waals surface area (Å²) >= 11 is 0. The molecule has 0 unspecified atom stereocenters. The maximum atomic E-state index is 13.6. The summed E-state index contributed by atoms with van der Waals surface area (Å²) in [5.41, 5.74) is 3.06. The average Bonchev–Trinajstić information content (AvgIpc) is 2.75. The third kappa shape index (κ3) is 7.03. The molecule has 0 saturated carbocycles. The van der Waals surface area contributed by atoms with Crippen molar-refractivity contribution < 1.29 is 8.42 Å². The maximum Gasteiger partial charge on any atom is 0.241 e. The van der Waals surface area contributed by atoms with Crippen LogP contribution in [0.2, 0.25) is 0 Å². The van der Waals surface area contributed by atoms with Gasteiger partial charge in [-0.15, -0.1) is 0 Å². The van der Waals surface area contributed by atoms with Gasteiger partial charge in [0.1, 0.15) is 0 Å². The Morgan fingerprint density at radius 3 is 1.97 bits per heavy atom.